The minimum absolute atomic E-state index is 0.222. The highest BCUT2D eigenvalue weighted by atomic mass is 35.5. The maximum absolute atomic E-state index is 13.2. The molecule has 0 aliphatic heterocycles. The quantitative estimate of drug-likeness (QED) is 0.354. The van der Waals surface area contributed by atoms with Gasteiger partial charge in [-0.1, -0.05) is 54.1 Å². The van der Waals surface area contributed by atoms with Gasteiger partial charge in [0.1, 0.15) is 5.82 Å². The lowest BCUT2D eigenvalue weighted by atomic mass is 9.93. The molecule has 0 heterocycles. The van der Waals surface area contributed by atoms with Gasteiger partial charge in [0.25, 0.3) is 0 Å². The summed E-state index contributed by atoms with van der Waals surface area (Å²) in [6.45, 7) is 0. The summed E-state index contributed by atoms with van der Waals surface area (Å²) in [5.41, 5.74) is 2.11. The number of hydrogen-bond acceptors (Lipinski definition) is 0. The van der Waals surface area contributed by atoms with Gasteiger partial charge in [0, 0.05) is 5.02 Å². The van der Waals surface area contributed by atoms with Crippen LogP contribution in [0.2, 0.25) is 5.02 Å². The number of benzene rings is 4. The third-order valence-electron chi connectivity index (χ3n) is 3.98. The van der Waals surface area contributed by atoms with Crippen LogP contribution in [0.1, 0.15) is 0 Å². The molecule has 106 valence electrons. The van der Waals surface area contributed by atoms with Crippen LogP contribution >= 0.6 is 11.6 Å². The van der Waals surface area contributed by atoms with Crippen LogP contribution in [0.3, 0.4) is 0 Å². The van der Waals surface area contributed by atoms with Crippen LogP contribution < -0.4 is 0 Å². The van der Waals surface area contributed by atoms with Gasteiger partial charge in [-0.3, -0.25) is 0 Å². The molecular formula is C20H12ClF. The van der Waals surface area contributed by atoms with E-state index in [1.807, 2.05) is 42.5 Å². The number of fused-ring (bicyclic) bond motifs is 3. The molecule has 0 N–H and O–H groups in total. The van der Waals surface area contributed by atoms with Crippen molar-refractivity contribution < 1.29 is 4.39 Å². The van der Waals surface area contributed by atoms with Crippen molar-refractivity contribution in [2.45, 2.75) is 0 Å². The van der Waals surface area contributed by atoms with Crippen molar-refractivity contribution >= 4 is 33.1 Å². The minimum Gasteiger partial charge on any atom is -0.207 e. The molecule has 0 nitrogen and oxygen atoms in total. The Hall–Kier alpha value is -2.38. The maximum atomic E-state index is 13.2. The molecule has 0 fully saturated rings. The Bertz CT molecular complexity index is 988. The Balaban J connectivity index is 2.13. The van der Waals surface area contributed by atoms with E-state index < -0.39 is 0 Å². The van der Waals surface area contributed by atoms with Crippen molar-refractivity contribution in [2.24, 2.45) is 0 Å². The first-order valence-corrected chi connectivity index (χ1v) is 7.47. The van der Waals surface area contributed by atoms with Crippen LogP contribution in [0, 0.1) is 5.82 Å². The average molecular weight is 307 g/mol. The molecule has 0 saturated heterocycles. The summed E-state index contributed by atoms with van der Waals surface area (Å²) in [5, 5.41) is 5.29. The summed E-state index contributed by atoms with van der Waals surface area (Å²) in [7, 11) is 0. The van der Waals surface area contributed by atoms with E-state index in [0.717, 1.165) is 37.7 Å². The zero-order valence-electron chi connectivity index (χ0n) is 11.7. The van der Waals surface area contributed by atoms with Crippen LogP contribution in [0.5, 0.6) is 0 Å². The molecule has 0 radical (unpaired) electrons. The van der Waals surface area contributed by atoms with Crippen LogP contribution in [0.15, 0.2) is 72.8 Å². The standard InChI is InChI=1S/C20H12ClF/c21-15-8-5-14-11-19(13-6-9-16(22)10-7-13)17-3-1-2-4-18(17)20(14)12-15/h1-12H. The highest BCUT2D eigenvalue weighted by Crippen LogP contribution is 2.35. The number of rotatable bonds is 1. The fraction of sp³-hybridized carbons (Fsp3) is 0. The van der Waals surface area contributed by atoms with Gasteiger partial charge in [-0.25, -0.2) is 4.39 Å². The van der Waals surface area contributed by atoms with E-state index in [4.69, 9.17) is 11.6 Å². The summed E-state index contributed by atoms with van der Waals surface area (Å²) in [6.07, 6.45) is 0. The van der Waals surface area contributed by atoms with Gasteiger partial charge in [-0.05, 0) is 63.0 Å². The highest BCUT2D eigenvalue weighted by Gasteiger charge is 2.08. The highest BCUT2D eigenvalue weighted by molar-refractivity contribution is 6.32. The first kappa shape index (κ1) is 13.3. The van der Waals surface area contributed by atoms with Crippen molar-refractivity contribution in [3.63, 3.8) is 0 Å². The Morgan fingerprint density at radius 1 is 0.682 bits per heavy atom. The third-order valence-corrected chi connectivity index (χ3v) is 4.21. The van der Waals surface area contributed by atoms with Gasteiger partial charge in [-0.2, -0.15) is 0 Å². The molecule has 4 aromatic rings. The van der Waals surface area contributed by atoms with Crippen molar-refractivity contribution in [3.8, 4) is 11.1 Å². The predicted octanol–water partition coefficient (Wildman–Crippen LogP) is 6.45. The van der Waals surface area contributed by atoms with Gasteiger partial charge < -0.3 is 0 Å². The fourth-order valence-electron chi connectivity index (χ4n) is 2.94. The molecule has 0 amide bonds. The van der Waals surface area contributed by atoms with Crippen molar-refractivity contribution in [3.05, 3.63) is 83.6 Å². The predicted molar refractivity (Wildman–Crippen MR) is 91.9 cm³/mol. The summed E-state index contributed by atoms with van der Waals surface area (Å²) in [5.74, 6) is -0.222. The molecule has 4 rings (SSSR count). The van der Waals surface area contributed by atoms with Gasteiger partial charge in [0.05, 0.1) is 0 Å². The smallest absolute Gasteiger partial charge is 0.123 e. The van der Waals surface area contributed by atoms with Crippen molar-refractivity contribution in [1.29, 1.82) is 0 Å². The first-order chi connectivity index (χ1) is 10.7. The SMILES string of the molecule is Fc1ccc(-c2cc3ccc(Cl)cc3c3ccccc23)cc1. The second-order valence-electron chi connectivity index (χ2n) is 5.34. The summed E-state index contributed by atoms with van der Waals surface area (Å²) < 4.78 is 13.2. The normalized spacial score (nSPS) is 11.2. The van der Waals surface area contributed by atoms with Gasteiger partial charge in [0.15, 0.2) is 0 Å². The number of hydrogen-bond donors (Lipinski definition) is 0. The lowest BCUT2D eigenvalue weighted by Gasteiger charge is -2.11. The van der Waals surface area contributed by atoms with Crippen molar-refractivity contribution in [2.75, 3.05) is 0 Å². The van der Waals surface area contributed by atoms with E-state index in [-0.39, 0.29) is 5.82 Å². The van der Waals surface area contributed by atoms with Gasteiger partial charge in [0.2, 0.25) is 0 Å². The fourth-order valence-corrected chi connectivity index (χ4v) is 3.11. The minimum atomic E-state index is -0.222. The van der Waals surface area contributed by atoms with Gasteiger partial charge in [-0.15, -0.1) is 0 Å². The molecule has 22 heavy (non-hydrogen) atoms. The van der Waals surface area contributed by atoms with Crippen LogP contribution in [-0.2, 0) is 0 Å². The second kappa shape index (κ2) is 5.11. The zero-order valence-corrected chi connectivity index (χ0v) is 12.4. The zero-order chi connectivity index (χ0) is 15.1. The maximum Gasteiger partial charge on any atom is 0.123 e. The molecule has 0 aliphatic rings. The van der Waals surface area contributed by atoms with Crippen molar-refractivity contribution in [1.82, 2.24) is 0 Å². The molecule has 0 saturated carbocycles. The summed E-state index contributed by atoms with van der Waals surface area (Å²) in [4.78, 5) is 0. The van der Waals surface area contributed by atoms with Crippen LogP contribution in [0.25, 0.3) is 32.7 Å². The van der Waals surface area contributed by atoms with E-state index in [2.05, 4.69) is 18.2 Å². The third kappa shape index (κ3) is 2.15. The first-order valence-electron chi connectivity index (χ1n) is 7.09. The molecule has 0 bridgehead atoms. The molecule has 0 unspecified atom stereocenters. The van der Waals surface area contributed by atoms with Gasteiger partial charge >= 0.3 is 0 Å². The Morgan fingerprint density at radius 3 is 2.18 bits per heavy atom. The van der Waals surface area contributed by atoms with Crippen LogP contribution in [-0.4, -0.2) is 0 Å². The molecule has 2 heteroatoms. The second-order valence-corrected chi connectivity index (χ2v) is 5.78. The molecule has 4 aromatic carbocycles. The number of halogens is 2. The molecule has 0 aromatic heterocycles. The van der Waals surface area contributed by atoms with E-state index in [9.17, 15) is 4.39 Å². The van der Waals surface area contributed by atoms with E-state index in [1.165, 1.54) is 12.1 Å². The Kier molecular flexibility index (Phi) is 3.09. The monoisotopic (exact) mass is 306 g/mol. The molecule has 0 spiro atoms. The summed E-state index contributed by atoms with van der Waals surface area (Å²) >= 11 is 6.15. The van der Waals surface area contributed by atoms with Crippen LogP contribution in [0.4, 0.5) is 4.39 Å². The molecular weight excluding hydrogens is 295 g/mol. The lowest BCUT2D eigenvalue weighted by Crippen LogP contribution is -1.85. The summed E-state index contributed by atoms with van der Waals surface area (Å²) in [6, 6.07) is 22.9. The average Bonchev–Trinajstić information content (AvgIpc) is 2.55. The lowest BCUT2D eigenvalue weighted by molar-refractivity contribution is 0.628. The topological polar surface area (TPSA) is 0 Å². The molecule has 0 atom stereocenters. The van der Waals surface area contributed by atoms with E-state index >= 15 is 0 Å². The Morgan fingerprint density at radius 2 is 1.41 bits per heavy atom. The van der Waals surface area contributed by atoms with E-state index in [1.54, 1.807) is 0 Å². The largest absolute Gasteiger partial charge is 0.207 e. The van der Waals surface area contributed by atoms with E-state index in [0.29, 0.717) is 0 Å². The Labute approximate surface area is 132 Å². The molecule has 0 aliphatic carbocycles.